The number of allylic oxidation sites excluding steroid dienone is 1. The molecule has 2 aliphatic rings. The molecule has 0 bridgehead atoms. The maximum atomic E-state index is 13.5. The fourth-order valence-corrected chi connectivity index (χ4v) is 4.86. The van der Waals surface area contributed by atoms with Gasteiger partial charge in [-0.2, -0.15) is 0 Å². The van der Waals surface area contributed by atoms with Gasteiger partial charge < -0.3 is 26.2 Å². The fourth-order valence-electron chi connectivity index (χ4n) is 4.86. The minimum Gasteiger partial charge on any atom is -0.350 e. The Bertz CT molecular complexity index is 1000. The summed E-state index contributed by atoms with van der Waals surface area (Å²) in [5.41, 5.74) is 2.40. The van der Waals surface area contributed by atoms with Gasteiger partial charge in [-0.15, -0.1) is 0 Å². The van der Waals surface area contributed by atoms with Gasteiger partial charge >= 0.3 is 0 Å². The molecule has 1 aromatic rings. The summed E-state index contributed by atoms with van der Waals surface area (Å²) in [7, 11) is 1.70. The van der Waals surface area contributed by atoms with Crippen LogP contribution in [0.3, 0.4) is 0 Å². The molecule has 36 heavy (non-hydrogen) atoms. The first-order valence-electron chi connectivity index (χ1n) is 12.8. The second-order valence-electron chi connectivity index (χ2n) is 9.98. The number of carbonyl (C=O) groups excluding carboxylic acids is 4. The summed E-state index contributed by atoms with van der Waals surface area (Å²) in [4.78, 5) is 52.9. The van der Waals surface area contributed by atoms with Crippen LogP contribution in [0.2, 0.25) is 0 Å². The zero-order chi connectivity index (χ0) is 26.2. The first-order valence-corrected chi connectivity index (χ1v) is 12.8. The summed E-state index contributed by atoms with van der Waals surface area (Å²) >= 11 is 0. The third-order valence-corrected chi connectivity index (χ3v) is 6.86. The number of hydrogen-bond acceptors (Lipinski definition) is 5. The van der Waals surface area contributed by atoms with E-state index in [1.54, 1.807) is 24.9 Å². The van der Waals surface area contributed by atoms with Crippen molar-refractivity contribution < 1.29 is 19.2 Å². The van der Waals surface area contributed by atoms with Crippen LogP contribution >= 0.6 is 0 Å². The summed E-state index contributed by atoms with van der Waals surface area (Å²) in [6, 6.07) is 5.77. The lowest BCUT2D eigenvalue weighted by Crippen LogP contribution is -2.57. The van der Waals surface area contributed by atoms with Crippen LogP contribution in [0.4, 0.5) is 5.69 Å². The first kappa shape index (κ1) is 27.4. The van der Waals surface area contributed by atoms with Crippen molar-refractivity contribution in [1.82, 2.24) is 20.9 Å². The van der Waals surface area contributed by atoms with Crippen molar-refractivity contribution in [3.63, 3.8) is 0 Å². The van der Waals surface area contributed by atoms with Crippen molar-refractivity contribution >= 4 is 29.3 Å². The summed E-state index contributed by atoms with van der Waals surface area (Å²) in [5.74, 6) is -0.781. The minimum absolute atomic E-state index is 0.0169. The van der Waals surface area contributed by atoms with Crippen molar-refractivity contribution in [2.24, 2.45) is 0 Å². The number of likely N-dealkylation sites (N-methyl/N-ethyl adjacent to an activating group) is 1. The lowest BCUT2D eigenvalue weighted by molar-refractivity contribution is -0.144. The second kappa shape index (κ2) is 12.7. The highest BCUT2D eigenvalue weighted by atomic mass is 16.2. The SMILES string of the molecule is CNC(C)C(=O)N[C@H]1CCCC[C@H]2CC[C@@H](C(=O)NCc3cccc(NC(=O)C=C(C)C)c3)N2C1=O. The number of anilines is 1. The number of hydrogen-bond donors (Lipinski definition) is 4. The summed E-state index contributed by atoms with van der Waals surface area (Å²) < 4.78 is 0. The van der Waals surface area contributed by atoms with Gasteiger partial charge in [0.15, 0.2) is 0 Å². The quantitative estimate of drug-likeness (QED) is 0.411. The Morgan fingerprint density at radius 3 is 2.58 bits per heavy atom. The molecule has 9 heteroatoms. The highest BCUT2D eigenvalue weighted by Gasteiger charge is 2.43. The number of amides is 4. The fraction of sp³-hybridized carbons (Fsp3) is 0.556. The molecule has 2 fully saturated rings. The van der Waals surface area contributed by atoms with Gasteiger partial charge in [-0.25, -0.2) is 0 Å². The Kier molecular flexibility index (Phi) is 9.64. The molecule has 4 N–H and O–H groups in total. The average Bonchev–Trinajstić information content (AvgIpc) is 3.25. The van der Waals surface area contributed by atoms with E-state index in [0.29, 0.717) is 18.5 Å². The molecule has 2 heterocycles. The standard InChI is InChI=1S/C27H39N5O4/c1-17(2)14-24(33)30-20-9-7-8-19(15-20)16-29-26(35)23-13-12-21-10-5-6-11-22(27(36)32(21)23)31-25(34)18(3)28-4/h7-9,14-15,18,21-23,28H,5-6,10-13,16H2,1-4H3,(H,29,35)(H,30,33)(H,31,34)/t18?,21-,22-,23-/m0/s1. The van der Waals surface area contributed by atoms with E-state index in [2.05, 4.69) is 21.3 Å². The molecule has 0 saturated carbocycles. The van der Waals surface area contributed by atoms with Gasteiger partial charge in [-0.3, -0.25) is 19.2 Å². The van der Waals surface area contributed by atoms with E-state index in [-0.39, 0.29) is 36.2 Å². The highest BCUT2D eigenvalue weighted by Crippen LogP contribution is 2.31. The Morgan fingerprint density at radius 1 is 1.11 bits per heavy atom. The summed E-state index contributed by atoms with van der Waals surface area (Å²) in [6.45, 7) is 5.75. The van der Waals surface area contributed by atoms with E-state index in [9.17, 15) is 19.2 Å². The number of nitrogens with one attached hydrogen (secondary N) is 4. The molecule has 0 radical (unpaired) electrons. The van der Waals surface area contributed by atoms with E-state index >= 15 is 0 Å². The van der Waals surface area contributed by atoms with Crippen LogP contribution in [0, 0.1) is 0 Å². The largest absolute Gasteiger partial charge is 0.350 e. The molecular formula is C27H39N5O4. The zero-order valence-electron chi connectivity index (χ0n) is 21.7. The van der Waals surface area contributed by atoms with Crippen molar-refractivity contribution in [3.05, 3.63) is 41.5 Å². The number of rotatable bonds is 8. The highest BCUT2D eigenvalue weighted by molar-refractivity contribution is 5.99. The van der Waals surface area contributed by atoms with Crippen LogP contribution < -0.4 is 21.3 Å². The summed E-state index contributed by atoms with van der Waals surface area (Å²) in [6.07, 6.45) is 6.19. The Balaban J connectivity index is 1.65. The monoisotopic (exact) mass is 497 g/mol. The van der Waals surface area contributed by atoms with Gasteiger partial charge in [0, 0.05) is 24.4 Å². The first-order chi connectivity index (χ1) is 17.2. The van der Waals surface area contributed by atoms with Gasteiger partial charge in [0.05, 0.1) is 6.04 Å². The molecule has 196 valence electrons. The van der Waals surface area contributed by atoms with Gasteiger partial charge in [0.1, 0.15) is 12.1 Å². The van der Waals surface area contributed by atoms with E-state index in [4.69, 9.17) is 0 Å². The van der Waals surface area contributed by atoms with Crippen LogP contribution in [0.15, 0.2) is 35.9 Å². The molecule has 0 spiro atoms. The maximum Gasteiger partial charge on any atom is 0.248 e. The van der Waals surface area contributed by atoms with E-state index in [1.165, 1.54) is 6.08 Å². The molecular weight excluding hydrogens is 458 g/mol. The van der Waals surface area contributed by atoms with Gasteiger partial charge in [0.25, 0.3) is 0 Å². The second-order valence-corrected chi connectivity index (χ2v) is 9.98. The summed E-state index contributed by atoms with van der Waals surface area (Å²) in [5, 5.41) is 11.6. The number of nitrogens with zero attached hydrogens (tertiary/aromatic N) is 1. The molecule has 3 rings (SSSR count). The molecule has 2 aliphatic heterocycles. The Hall–Kier alpha value is -3.20. The maximum absolute atomic E-state index is 13.5. The number of benzene rings is 1. The van der Waals surface area contributed by atoms with Crippen molar-refractivity contribution in [3.8, 4) is 0 Å². The molecule has 4 amide bonds. The Morgan fingerprint density at radius 2 is 1.86 bits per heavy atom. The Labute approximate surface area is 213 Å². The van der Waals surface area contributed by atoms with Gasteiger partial charge in [-0.05, 0) is 71.2 Å². The van der Waals surface area contributed by atoms with E-state index < -0.39 is 18.1 Å². The van der Waals surface area contributed by atoms with Gasteiger partial charge in [-0.1, -0.05) is 30.5 Å². The van der Waals surface area contributed by atoms with Crippen molar-refractivity contribution in [1.29, 1.82) is 0 Å². The third-order valence-electron chi connectivity index (χ3n) is 6.86. The van der Waals surface area contributed by atoms with Crippen LogP contribution in [0.25, 0.3) is 0 Å². The molecule has 9 nitrogen and oxygen atoms in total. The van der Waals surface area contributed by atoms with Crippen molar-refractivity contribution in [2.45, 2.75) is 90.0 Å². The number of fused-ring (bicyclic) bond motifs is 1. The third kappa shape index (κ3) is 7.16. The minimum atomic E-state index is -0.620. The van der Waals surface area contributed by atoms with Crippen LogP contribution in [0.5, 0.6) is 0 Å². The normalized spacial score (nSPS) is 22.5. The smallest absolute Gasteiger partial charge is 0.248 e. The molecule has 0 aromatic heterocycles. The van der Waals surface area contributed by atoms with Crippen LogP contribution in [-0.4, -0.2) is 59.7 Å². The zero-order valence-corrected chi connectivity index (χ0v) is 21.7. The number of carbonyl (C=O) groups is 4. The topological polar surface area (TPSA) is 120 Å². The molecule has 0 aliphatic carbocycles. The molecule has 1 unspecified atom stereocenters. The average molecular weight is 498 g/mol. The van der Waals surface area contributed by atoms with Gasteiger partial charge in [0.2, 0.25) is 23.6 Å². The lowest BCUT2D eigenvalue weighted by Gasteiger charge is -2.35. The molecule has 4 atom stereocenters. The predicted octanol–water partition coefficient (Wildman–Crippen LogP) is 2.23. The predicted molar refractivity (Wildman–Crippen MR) is 139 cm³/mol. The van der Waals surface area contributed by atoms with Crippen molar-refractivity contribution in [2.75, 3.05) is 12.4 Å². The molecule has 2 saturated heterocycles. The van der Waals surface area contributed by atoms with Crippen LogP contribution in [-0.2, 0) is 25.7 Å². The lowest BCUT2D eigenvalue weighted by atomic mass is 9.98. The van der Waals surface area contributed by atoms with Crippen LogP contribution in [0.1, 0.15) is 64.9 Å². The van der Waals surface area contributed by atoms with E-state index in [1.807, 2.05) is 32.0 Å². The van der Waals surface area contributed by atoms with E-state index in [0.717, 1.165) is 36.8 Å². The molecule has 1 aromatic carbocycles.